The van der Waals surface area contributed by atoms with E-state index in [9.17, 15) is 4.79 Å². The van der Waals surface area contributed by atoms with Gasteiger partial charge in [-0.05, 0) is 115 Å². The van der Waals surface area contributed by atoms with E-state index >= 15 is 0 Å². The van der Waals surface area contributed by atoms with Gasteiger partial charge in [-0.2, -0.15) is 0 Å². The van der Waals surface area contributed by atoms with E-state index in [1.54, 1.807) is 0 Å². The molecule has 1 atom stereocenters. The first kappa shape index (κ1) is 31.8. The predicted molar refractivity (Wildman–Crippen MR) is 189 cm³/mol. The zero-order chi connectivity index (χ0) is 31.6. The maximum absolute atomic E-state index is 12.4. The van der Waals surface area contributed by atoms with Gasteiger partial charge in [-0.15, -0.1) is 11.3 Å². The predicted octanol–water partition coefficient (Wildman–Crippen LogP) is 7.09. The average molecular weight is 634 g/mol. The van der Waals surface area contributed by atoms with Crippen LogP contribution in [-0.4, -0.2) is 56.2 Å². The Morgan fingerprint density at radius 1 is 0.804 bits per heavy atom. The fourth-order valence-electron chi connectivity index (χ4n) is 5.98. The van der Waals surface area contributed by atoms with Gasteiger partial charge in [0.25, 0.3) is 0 Å². The molecular formula is C39H43N3O3S. The van der Waals surface area contributed by atoms with Gasteiger partial charge in [-0.25, -0.2) is 0 Å². The van der Waals surface area contributed by atoms with E-state index in [2.05, 4.69) is 70.9 Å². The minimum atomic E-state index is -0.558. The monoisotopic (exact) mass is 633 g/mol. The first-order valence-electron chi connectivity index (χ1n) is 16.4. The van der Waals surface area contributed by atoms with Crippen LogP contribution in [0.2, 0.25) is 0 Å². The molecule has 1 amide bonds. The molecule has 1 aliphatic heterocycles. The van der Waals surface area contributed by atoms with Gasteiger partial charge < -0.3 is 20.5 Å². The van der Waals surface area contributed by atoms with Crippen molar-refractivity contribution in [3.05, 3.63) is 120 Å². The van der Waals surface area contributed by atoms with Gasteiger partial charge in [0, 0.05) is 22.7 Å². The van der Waals surface area contributed by atoms with Gasteiger partial charge in [-0.1, -0.05) is 60.7 Å². The average Bonchev–Trinajstić information content (AvgIpc) is 3.74. The molecule has 0 spiro atoms. The minimum absolute atomic E-state index is 0.135. The van der Waals surface area contributed by atoms with E-state index in [1.165, 1.54) is 57.6 Å². The number of fused-ring (bicyclic) bond motifs is 1. The lowest BCUT2D eigenvalue weighted by atomic mass is 9.99. The highest BCUT2D eigenvalue weighted by molar-refractivity contribution is 7.22. The van der Waals surface area contributed by atoms with Crippen LogP contribution in [0.3, 0.4) is 0 Å². The standard InChI is InChI=1S/C39H43N3O3S/c40-36(28-29-9-2-1-3-10-29)39(43)41-21-8-25-44-33-19-15-31(16-20-33)38-35(34-11-4-5-12-37(34)46-38)27-30-13-17-32(18-14-30)45-26-24-42-22-6-7-23-42/h1-5,9-20,36H,6-8,21-28,40H2,(H,41,43). The molecule has 1 aromatic heterocycles. The molecule has 0 aliphatic carbocycles. The number of hydrogen-bond donors (Lipinski definition) is 2. The number of nitrogens with zero attached hydrogens (tertiary/aromatic N) is 1. The van der Waals surface area contributed by atoms with E-state index in [1.807, 2.05) is 53.8 Å². The van der Waals surface area contributed by atoms with Crippen LogP contribution in [0.25, 0.3) is 20.5 Å². The molecule has 1 unspecified atom stereocenters. The molecule has 4 aromatic carbocycles. The number of rotatable bonds is 15. The zero-order valence-electron chi connectivity index (χ0n) is 26.3. The Kier molecular flexibility index (Phi) is 11.0. The van der Waals surface area contributed by atoms with Crippen molar-refractivity contribution in [2.24, 2.45) is 5.73 Å². The van der Waals surface area contributed by atoms with E-state index in [0.29, 0.717) is 26.0 Å². The van der Waals surface area contributed by atoms with Crippen molar-refractivity contribution < 1.29 is 14.3 Å². The third-order valence-corrected chi connectivity index (χ3v) is 9.78. The molecule has 6 rings (SSSR count). The van der Waals surface area contributed by atoms with Crippen LogP contribution < -0.4 is 20.5 Å². The molecule has 0 radical (unpaired) electrons. The van der Waals surface area contributed by atoms with Gasteiger partial charge in [0.05, 0.1) is 12.6 Å². The molecule has 3 N–H and O–H groups in total. The Hall–Kier alpha value is -4.17. The van der Waals surface area contributed by atoms with Crippen LogP contribution in [0.1, 0.15) is 36.0 Å². The Labute approximate surface area is 276 Å². The Morgan fingerprint density at radius 2 is 1.48 bits per heavy atom. The molecule has 1 aliphatic rings. The fraction of sp³-hybridized carbons (Fsp3) is 0.308. The highest BCUT2D eigenvalue weighted by Crippen LogP contribution is 2.40. The highest BCUT2D eigenvalue weighted by Gasteiger charge is 2.16. The molecule has 238 valence electrons. The van der Waals surface area contributed by atoms with Gasteiger partial charge in [0.2, 0.25) is 5.91 Å². The molecule has 5 aromatic rings. The quantitative estimate of drug-likeness (QED) is 0.120. The Bertz CT molecular complexity index is 1680. The number of carbonyl (C=O) groups is 1. The maximum atomic E-state index is 12.4. The highest BCUT2D eigenvalue weighted by atomic mass is 32.1. The largest absolute Gasteiger partial charge is 0.494 e. The summed E-state index contributed by atoms with van der Waals surface area (Å²) in [6, 6.07) is 34.9. The summed E-state index contributed by atoms with van der Waals surface area (Å²) in [5.41, 5.74) is 10.9. The zero-order valence-corrected chi connectivity index (χ0v) is 27.1. The number of hydrogen-bond acceptors (Lipinski definition) is 6. The lowest BCUT2D eigenvalue weighted by Gasteiger charge is -2.15. The normalized spacial score (nSPS) is 13.9. The molecule has 2 heterocycles. The number of benzene rings is 4. The number of ether oxygens (including phenoxy) is 2. The van der Waals surface area contributed by atoms with Gasteiger partial charge in [0.1, 0.15) is 18.1 Å². The third kappa shape index (κ3) is 8.55. The van der Waals surface area contributed by atoms with Crippen LogP contribution >= 0.6 is 11.3 Å². The first-order chi connectivity index (χ1) is 22.6. The summed E-state index contributed by atoms with van der Waals surface area (Å²) in [4.78, 5) is 16.1. The van der Waals surface area contributed by atoms with Crippen LogP contribution in [0.4, 0.5) is 0 Å². The maximum Gasteiger partial charge on any atom is 0.237 e. The van der Waals surface area contributed by atoms with Crippen LogP contribution in [-0.2, 0) is 17.6 Å². The van der Waals surface area contributed by atoms with Crippen molar-refractivity contribution in [1.82, 2.24) is 10.2 Å². The van der Waals surface area contributed by atoms with Crippen LogP contribution in [0.15, 0.2) is 103 Å². The molecular weight excluding hydrogens is 591 g/mol. The number of thiophene rings is 1. The van der Waals surface area contributed by atoms with E-state index < -0.39 is 6.04 Å². The second kappa shape index (κ2) is 15.9. The van der Waals surface area contributed by atoms with Crippen molar-refractivity contribution in [2.75, 3.05) is 39.4 Å². The van der Waals surface area contributed by atoms with Crippen molar-refractivity contribution in [3.8, 4) is 21.9 Å². The summed E-state index contributed by atoms with van der Waals surface area (Å²) < 4.78 is 13.3. The number of nitrogens with one attached hydrogen (secondary N) is 1. The van der Waals surface area contributed by atoms with E-state index in [4.69, 9.17) is 15.2 Å². The summed E-state index contributed by atoms with van der Waals surface area (Å²) in [5.74, 6) is 1.62. The van der Waals surface area contributed by atoms with E-state index in [-0.39, 0.29) is 5.91 Å². The van der Waals surface area contributed by atoms with Crippen LogP contribution in [0, 0.1) is 0 Å². The first-order valence-corrected chi connectivity index (χ1v) is 17.2. The van der Waals surface area contributed by atoms with Gasteiger partial charge in [-0.3, -0.25) is 9.69 Å². The summed E-state index contributed by atoms with van der Waals surface area (Å²) in [6.45, 7) is 5.16. The fourth-order valence-corrected chi connectivity index (χ4v) is 7.21. The SMILES string of the molecule is NC(Cc1ccccc1)C(=O)NCCCOc1ccc(-c2sc3ccccc3c2Cc2ccc(OCCN3CCCC3)cc2)cc1. The van der Waals surface area contributed by atoms with E-state index in [0.717, 1.165) is 36.6 Å². The van der Waals surface area contributed by atoms with Crippen molar-refractivity contribution in [3.63, 3.8) is 0 Å². The molecule has 46 heavy (non-hydrogen) atoms. The molecule has 7 heteroatoms. The topological polar surface area (TPSA) is 76.8 Å². The third-order valence-electron chi connectivity index (χ3n) is 8.52. The van der Waals surface area contributed by atoms with Crippen LogP contribution in [0.5, 0.6) is 11.5 Å². The number of likely N-dealkylation sites (tertiary alicyclic amines) is 1. The summed E-state index contributed by atoms with van der Waals surface area (Å²) in [5, 5.41) is 4.23. The summed E-state index contributed by atoms with van der Waals surface area (Å²) in [6.07, 6.45) is 4.69. The Morgan fingerprint density at radius 3 is 2.24 bits per heavy atom. The lowest BCUT2D eigenvalue weighted by Crippen LogP contribution is -2.42. The Balaban J connectivity index is 1.02. The smallest absolute Gasteiger partial charge is 0.237 e. The minimum Gasteiger partial charge on any atom is -0.494 e. The van der Waals surface area contributed by atoms with Crippen molar-refractivity contribution in [1.29, 1.82) is 0 Å². The van der Waals surface area contributed by atoms with Crippen molar-refractivity contribution in [2.45, 2.75) is 38.1 Å². The number of carbonyl (C=O) groups excluding carboxylic acids is 1. The molecule has 1 fully saturated rings. The molecule has 0 bridgehead atoms. The second-order valence-corrected chi connectivity index (χ2v) is 13.0. The second-order valence-electron chi connectivity index (χ2n) is 11.9. The molecule has 0 saturated carbocycles. The lowest BCUT2D eigenvalue weighted by molar-refractivity contribution is -0.122. The number of nitrogens with two attached hydrogens (primary N) is 1. The number of amides is 1. The molecule has 6 nitrogen and oxygen atoms in total. The summed E-state index contributed by atoms with van der Waals surface area (Å²) >= 11 is 1.84. The summed E-state index contributed by atoms with van der Waals surface area (Å²) in [7, 11) is 0. The van der Waals surface area contributed by atoms with Crippen molar-refractivity contribution >= 4 is 27.3 Å². The van der Waals surface area contributed by atoms with Gasteiger partial charge in [0.15, 0.2) is 0 Å². The molecule has 1 saturated heterocycles. The van der Waals surface area contributed by atoms with Gasteiger partial charge >= 0.3 is 0 Å².